The summed E-state index contributed by atoms with van der Waals surface area (Å²) >= 11 is 0. The molecule has 1 aliphatic rings. The molecule has 21 heavy (non-hydrogen) atoms. The van der Waals surface area contributed by atoms with Crippen molar-refractivity contribution in [2.45, 2.75) is 39.5 Å². The highest BCUT2D eigenvalue weighted by atomic mass is 35.5. The lowest BCUT2D eigenvalue weighted by Gasteiger charge is -2.33. The zero-order chi connectivity index (χ0) is 15.0. The van der Waals surface area contributed by atoms with Crippen molar-refractivity contribution in [2.75, 3.05) is 33.2 Å². The molecule has 0 aromatic rings. The molecule has 0 radical (unpaired) electrons. The first-order valence-corrected chi connectivity index (χ1v) is 7.81. The average molecular weight is 320 g/mol. The van der Waals surface area contributed by atoms with E-state index in [2.05, 4.69) is 10.6 Å². The van der Waals surface area contributed by atoms with Gasteiger partial charge in [0.05, 0.1) is 5.92 Å². The number of carbonyl (C=O) groups excluding carboxylic acids is 2. The lowest BCUT2D eigenvalue weighted by atomic mass is 9.95. The topological polar surface area (TPSA) is 61.4 Å². The van der Waals surface area contributed by atoms with Gasteiger partial charge in [0.15, 0.2) is 0 Å². The first kappa shape index (κ1) is 20.2. The van der Waals surface area contributed by atoms with Crippen molar-refractivity contribution in [3.8, 4) is 0 Å². The number of piperidine rings is 1. The van der Waals surface area contributed by atoms with E-state index in [9.17, 15) is 9.59 Å². The van der Waals surface area contributed by atoms with Crippen LogP contribution in [0, 0.1) is 11.8 Å². The van der Waals surface area contributed by atoms with E-state index in [0.717, 1.165) is 38.8 Å². The van der Waals surface area contributed by atoms with Crippen LogP contribution in [0.15, 0.2) is 0 Å². The zero-order valence-corrected chi connectivity index (χ0v) is 14.3. The maximum absolute atomic E-state index is 12.2. The molecule has 0 aromatic heterocycles. The van der Waals surface area contributed by atoms with Crippen molar-refractivity contribution in [1.82, 2.24) is 15.5 Å². The summed E-state index contributed by atoms with van der Waals surface area (Å²) in [6.07, 6.45) is 3.61. The normalized spacial score (nSPS) is 19.6. The quantitative estimate of drug-likeness (QED) is 0.698. The minimum Gasteiger partial charge on any atom is -0.356 e. The number of hydrogen-bond acceptors (Lipinski definition) is 3. The van der Waals surface area contributed by atoms with E-state index in [1.54, 1.807) is 0 Å². The summed E-state index contributed by atoms with van der Waals surface area (Å²) in [4.78, 5) is 26.2. The molecule has 0 saturated carbocycles. The number of nitrogens with zero attached hydrogens (tertiary/aromatic N) is 1. The maximum atomic E-state index is 12.2. The molecule has 6 heteroatoms. The molecular formula is C15H30ClN3O2. The molecule has 1 saturated heterocycles. The van der Waals surface area contributed by atoms with Crippen LogP contribution in [0.2, 0.25) is 0 Å². The van der Waals surface area contributed by atoms with E-state index < -0.39 is 0 Å². The Labute approximate surface area is 134 Å². The Kier molecular flexibility index (Phi) is 10.4. The molecule has 2 unspecified atom stereocenters. The van der Waals surface area contributed by atoms with Crippen LogP contribution < -0.4 is 10.6 Å². The smallest absolute Gasteiger partial charge is 0.225 e. The Morgan fingerprint density at radius 1 is 1.33 bits per heavy atom. The summed E-state index contributed by atoms with van der Waals surface area (Å²) in [5, 5.41) is 6.03. The monoisotopic (exact) mass is 319 g/mol. The van der Waals surface area contributed by atoms with Crippen LogP contribution in [0.3, 0.4) is 0 Å². The molecule has 124 valence electrons. The van der Waals surface area contributed by atoms with Gasteiger partial charge in [-0.3, -0.25) is 9.59 Å². The van der Waals surface area contributed by atoms with Crippen LogP contribution in [0.1, 0.15) is 39.5 Å². The van der Waals surface area contributed by atoms with Gasteiger partial charge in [0, 0.05) is 25.6 Å². The van der Waals surface area contributed by atoms with Gasteiger partial charge in [-0.1, -0.05) is 13.8 Å². The summed E-state index contributed by atoms with van der Waals surface area (Å²) in [6.45, 7) is 6.98. The van der Waals surface area contributed by atoms with Gasteiger partial charge >= 0.3 is 0 Å². The Hall–Kier alpha value is -0.810. The van der Waals surface area contributed by atoms with Crippen molar-refractivity contribution in [3.05, 3.63) is 0 Å². The molecule has 5 nitrogen and oxygen atoms in total. The van der Waals surface area contributed by atoms with E-state index in [0.29, 0.717) is 13.1 Å². The third-order valence-electron chi connectivity index (χ3n) is 4.04. The molecule has 2 atom stereocenters. The van der Waals surface area contributed by atoms with Gasteiger partial charge in [0.1, 0.15) is 0 Å². The van der Waals surface area contributed by atoms with E-state index in [1.165, 1.54) is 0 Å². The predicted molar refractivity (Wildman–Crippen MR) is 87.6 cm³/mol. The van der Waals surface area contributed by atoms with Gasteiger partial charge < -0.3 is 15.5 Å². The Morgan fingerprint density at radius 2 is 2.05 bits per heavy atom. The fraction of sp³-hybridized carbons (Fsp3) is 0.867. The average Bonchev–Trinajstić information content (AvgIpc) is 2.49. The van der Waals surface area contributed by atoms with Crippen molar-refractivity contribution in [1.29, 1.82) is 0 Å². The predicted octanol–water partition coefficient (Wildman–Crippen LogP) is 1.42. The molecule has 1 heterocycles. The summed E-state index contributed by atoms with van der Waals surface area (Å²) in [7, 11) is 1.90. The number of likely N-dealkylation sites (tertiary alicyclic amines) is 1. The second kappa shape index (κ2) is 10.9. The van der Waals surface area contributed by atoms with E-state index in [-0.39, 0.29) is 36.1 Å². The van der Waals surface area contributed by atoms with Crippen molar-refractivity contribution < 1.29 is 9.59 Å². The summed E-state index contributed by atoms with van der Waals surface area (Å²) in [5.74, 6) is 0.321. The Bertz CT molecular complexity index is 326. The third kappa shape index (κ3) is 6.66. The molecule has 0 bridgehead atoms. The molecule has 1 rings (SSSR count). The van der Waals surface area contributed by atoms with Crippen molar-refractivity contribution in [2.24, 2.45) is 11.8 Å². The molecule has 0 aliphatic carbocycles. The zero-order valence-electron chi connectivity index (χ0n) is 13.5. The van der Waals surface area contributed by atoms with Gasteiger partial charge in [0.2, 0.25) is 11.8 Å². The van der Waals surface area contributed by atoms with Gasteiger partial charge in [-0.2, -0.15) is 0 Å². The SMILES string of the molecule is CCC(C)C(=O)N1CCCC(C(=O)NCCCNC)C1.Cl. The standard InChI is InChI=1S/C15H29N3O2.ClH/c1-4-12(2)15(20)18-10-5-7-13(11-18)14(19)17-9-6-8-16-3;/h12-13,16H,4-11H2,1-3H3,(H,17,19);1H. The number of rotatable bonds is 7. The lowest BCUT2D eigenvalue weighted by molar-refractivity contribution is -0.138. The minimum atomic E-state index is -0.0358. The van der Waals surface area contributed by atoms with E-state index >= 15 is 0 Å². The molecular weight excluding hydrogens is 290 g/mol. The van der Waals surface area contributed by atoms with Crippen molar-refractivity contribution >= 4 is 24.2 Å². The number of amides is 2. The van der Waals surface area contributed by atoms with Crippen molar-refractivity contribution in [3.63, 3.8) is 0 Å². The van der Waals surface area contributed by atoms with Crippen LogP contribution in [0.25, 0.3) is 0 Å². The van der Waals surface area contributed by atoms with Crippen LogP contribution in [-0.2, 0) is 9.59 Å². The van der Waals surface area contributed by atoms with Crippen LogP contribution in [-0.4, -0.2) is 49.9 Å². The minimum absolute atomic E-state index is 0. The van der Waals surface area contributed by atoms with Gasteiger partial charge in [-0.05, 0) is 39.3 Å². The first-order valence-electron chi connectivity index (χ1n) is 7.81. The molecule has 0 aromatic carbocycles. The van der Waals surface area contributed by atoms with Crippen LogP contribution in [0.5, 0.6) is 0 Å². The first-order chi connectivity index (χ1) is 9.60. The summed E-state index contributed by atoms with van der Waals surface area (Å²) in [5.41, 5.74) is 0. The number of halogens is 1. The highest BCUT2D eigenvalue weighted by molar-refractivity contribution is 5.85. The number of nitrogens with one attached hydrogen (secondary N) is 2. The molecule has 2 amide bonds. The fourth-order valence-corrected chi connectivity index (χ4v) is 2.50. The van der Waals surface area contributed by atoms with E-state index in [1.807, 2.05) is 25.8 Å². The van der Waals surface area contributed by atoms with Gasteiger partial charge in [0.25, 0.3) is 0 Å². The maximum Gasteiger partial charge on any atom is 0.225 e. The molecule has 1 fully saturated rings. The highest BCUT2D eigenvalue weighted by Crippen LogP contribution is 2.19. The van der Waals surface area contributed by atoms with Crippen LogP contribution in [0.4, 0.5) is 0 Å². The number of carbonyl (C=O) groups is 2. The Morgan fingerprint density at radius 3 is 2.67 bits per heavy atom. The number of hydrogen-bond donors (Lipinski definition) is 2. The molecule has 2 N–H and O–H groups in total. The van der Waals surface area contributed by atoms with E-state index in [4.69, 9.17) is 0 Å². The second-order valence-electron chi connectivity index (χ2n) is 5.68. The fourth-order valence-electron chi connectivity index (χ4n) is 2.50. The second-order valence-corrected chi connectivity index (χ2v) is 5.68. The highest BCUT2D eigenvalue weighted by Gasteiger charge is 2.29. The van der Waals surface area contributed by atoms with Gasteiger partial charge in [-0.25, -0.2) is 0 Å². The third-order valence-corrected chi connectivity index (χ3v) is 4.04. The Balaban J connectivity index is 0.00000400. The largest absolute Gasteiger partial charge is 0.356 e. The van der Waals surface area contributed by atoms with Crippen LogP contribution >= 0.6 is 12.4 Å². The molecule has 1 aliphatic heterocycles. The van der Waals surface area contributed by atoms with Gasteiger partial charge in [-0.15, -0.1) is 12.4 Å². The summed E-state index contributed by atoms with van der Waals surface area (Å²) in [6, 6.07) is 0. The lowest BCUT2D eigenvalue weighted by Crippen LogP contribution is -2.47. The molecule has 0 spiro atoms. The summed E-state index contributed by atoms with van der Waals surface area (Å²) < 4.78 is 0.